The number of carboxylic acids is 1. The van der Waals surface area contributed by atoms with Gasteiger partial charge in [-0.15, -0.1) is 11.3 Å². The molecule has 6 nitrogen and oxygen atoms in total. The molecule has 0 radical (unpaired) electrons. The molecule has 148 valence electrons. The first-order valence-electron chi connectivity index (χ1n) is 9.27. The monoisotopic (exact) mass is 402 g/mol. The zero-order valence-electron chi connectivity index (χ0n) is 15.9. The Morgan fingerprint density at radius 3 is 2.75 bits per heavy atom. The number of carboxylic acid groups (broad SMARTS) is 1. The molecule has 0 saturated carbocycles. The Balaban J connectivity index is 1.56. The van der Waals surface area contributed by atoms with E-state index in [0.717, 1.165) is 42.6 Å². The Kier molecular flexibility index (Phi) is 4.84. The van der Waals surface area contributed by atoms with Crippen LogP contribution in [0.1, 0.15) is 19.4 Å². The average molecular weight is 402 g/mol. The number of rotatable bonds is 3. The van der Waals surface area contributed by atoms with Crippen LogP contribution in [0.25, 0.3) is 0 Å². The van der Waals surface area contributed by atoms with Crippen LogP contribution in [0.15, 0.2) is 34.6 Å². The smallest absolute Gasteiger partial charge is 0.310 e. The third kappa shape index (κ3) is 3.62. The molecule has 1 aromatic carbocycles. The van der Waals surface area contributed by atoms with Crippen LogP contribution in [0.2, 0.25) is 0 Å². The molecule has 0 atom stereocenters. The molecule has 8 heteroatoms. The Morgan fingerprint density at radius 2 is 2.04 bits per heavy atom. The maximum atomic E-state index is 13.7. The highest BCUT2D eigenvalue weighted by Crippen LogP contribution is 2.38. The molecule has 2 aliphatic rings. The highest BCUT2D eigenvalue weighted by Gasteiger charge is 2.32. The van der Waals surface area contributed by atoms with Crippen molar-refractivity contribution in [2.45, 2.75) is 13.8 Å². The van der Waals surface area contributed by atoms with Crippen LogP contribution in [0.4, 0.5) is 20.8 Å². The molecule has 0 spiro atoms. The van der Waals surface area contributed by atoms with Gasteiger partial charge < -0.3 is 15.3 Å². The zero-order valence-corrected chi connectivity index (χ0v) is 16.7. The molecule has 1 aromatic heterocycles. The minimum atomic E-state index is -0.777. The molecule has 0 unspecified atom stereocenters. The number of nitrogens with one attached hydrogen (secondary N) is 1. The van der Waals surface area contributed by atoms with Gasteiger partial charge in [0.25, 0.3) is 0 Å². The number of aliphatic carboxylic acids is 1. The highest BCUT2D eigenvalue weighted by atomic mass is 32.1. The van der Waals surface area contributed by atoms with Crippen LogP contribution in [0.3, 0.4) is 0 Å². The van der Waals surface area contributed by atoms with Crippen molar-refractivity contribution < 1.29 is 14.3 Å². The molecule has 0 bridgehead atoms. The number of thiophene rings is 1. The molecule has 1 fully saturated rings. The van der Waals surface area contributed by atoms with Crippen LogP contribution in [-0.4, -0.2) is 59.4 Å². The van der Waals surface area contributed by atoms with Gasteiger partial charge in [-0.1, -0.05) is 0 Å². The lowest BCUT2D eigenvalue weighted by atomic mass is 9.93. The Hall–Kier alpha value is -2.45. The molecule has 0 amide bonds. The van der Waals surface area contributed by atoms with Gasteiger partial charge in [-0.25, -0.2) is 9.38 Å². The SMILES string of the molecule is CC(C)(CN1CCN(C2=Nc3ccc(F)cc3Nc3sccc32)CC1)C(=O)O. The van der Waals surface area contributed by atoms with E-state index in [-0.39, 0.29) is 5.82 Å². The summed E-state index contributed by atoms with van der Waals surface area (Å²) in [5, 5.41) is 15.6. The van der Waals surface area contributed by atoms with Gasteiger partial charge in [0.1, 0.15) is 16.7 Å². The zero-order chi connectivity index (χ0) is 19.9. The fraction of sp³-hybridized carbons (Fsp3) is 0.400. The van der Waals surface area contributed by atoms with Crippen molar-refractivity contribution in [1.29, 1.82) is 0 Å². The van der Waals surface area contributed by atoms with Gasteiger partial charge in [0.2, 0.25) is 0 Å². The van der Waals surface area contributed by atoms with Crippen molar-refractivity contribution in [2.24, 2.45) is 10.4 Å². The highest BCUT2D eigenvalue weighted by molar-refractivity contribution is 7.14. The summed E-state index contributed by atoms with van der Waals surface area (Å²) in [6.45, 7) is 7.13. The molecule has 2 aromatic rings. The van der Waals surface area contributed by atoms with Gasteiger partial charge in [0.15, 0.2) is 0 Å². The molecule has 2 N–H and O–H groups in total. The van der Waals surface area contributed by atoms with Crippen LogP contribution < -0.4 is 5.32 Å². The normalized spacial score (nSPS) is 17.2. The summed E-state index contributed by atoms with van der Waals surface area (Å²) in [6.07, 6.45) is 0. The second-order valence-corrected chi connectivity index (χ2v) is 8.75. The predicted octanol–water partition coefficient (Wildman–Crippen LogP) is 3.75. The van der Waals surface area contributed by atoms with E-state index in [1.54, 1.807) is 31.3 Å². The minimum absolute atomic E-state index is 0.294. The van der Waals surface area contributed by atoms with Crippen molar-refractivity contribution in [3.8, 4) is 0 Å². The van der Waals surface area contributed by atoms with Gasteiger partial charge in [0.05, 0.1) is 22.4 Å². The number of aliphatic imine (C=N–C) groups is 1. The van der Waals surface area contributed by atoms with E-state index in [1.807, 2.05) is 11.4 Å². The fourth-order valence-electron chi connectivity index (χ4n) is 3.57. The van der Waals surface area contributed by atoms with Gasteiger partial charge >= 0.3 is 5.97 Å². The molecule has 2 aliphatic heterocycles. The summed E-state index contributed by atoms with van der Waals surface area (Å²) in [5.74, 6) is -0.190. The van der Waals surface area contributed by atoms with E-state index in [9.17, 15) is 14.3 Å². The first-order valence-corrected chi connectivity index (χ1v) is 10.2. The number of hydrogen-bond acceptors (Lipinski definition) is 6. The quantitative estimate of drug-likeness (QED) is 0.818. The number of amidine groups is 1. The number of benzene rings is 1. The molecule has 3 heterocycles. The van der Waals surface area contributed by atoms with Crippen LogP contribution in [0.5, 0.6) is 0 Å². The van der Waals surface area contributed by atoms with E-state index in [1.165, 1.54) is 12.1 Å². The van der Waals surface area contributed by atoms with Crippen molar-refractivity contribution in [2.75, 3.05) is 38.0 Å². The lowest BCUT2D eigenvalue weighted by Crippen LogP contribution is -2.51. The maximum absolute atomic E-state index is 13.7. The van der Waals surface area contributed by atoms with E-state index in [2.05, 4.69) is 15.1 Å². The second-order valence-electron chi connectivity index (χ2n) is 7.84. The fourth-order valence-corrected chi connectivity index (χ4v) is 4.37. The second kappa shape index (κ2) is 7.18. The number of fused-ring (bicyclic) bond motifs is 2. The topological polar surface area (TPSA) is 68.2 Å². The number of anilines is 2. The summed E-state index contributed by atoms with van der Waals surface area (Å²) >= 11 is 1.57. The van der Waals surface area contributed by atoms with E-state index < -0.39 is 11.4 Å². The van der Waals surface area contributed by atoms with Gasteiger partial charge in [-0.3, -0.25) is 9.69 Å². The number of hydrogen-bond donors (Lipinski definition) is 2. The molecule has 28 heavy (non-hydrogen) atoms. The van der Waals surface area contributed by atoms with Crippen molar-refractivity contribution in [3.05, 3.63) is 41.0 Å². The van der Waals surface area contributed by atoms with Crippen LogP contribution in [-0.2, 0) is 4.79 Å². The number of piperazine rings is 1. The van der Waals surface area contributed by atoms with E-state index >= 15 is 0 Å². The third-order valence-corrected chi connectivity index (χ3v) is 6.04. The Morgan fingerprint density at radius 1 is 1.29 bits per heavy atom. The van der Waals surface area contributed by atoms with E-state index in [4.69, 9.17) is 4.99 Å². The number of halogens is 1. The molecule has 1 saturated heterocycles. The summed E-state index contributed by atoms with van der Waals surface area (Å²) in [5.41, 5.74) is 1.63. The van der Waals surface area contributed by atoms with Crippen LogP contribution >= 0.6 is 11.3 Å². The summed E-state index contributed by atoms with van der Waals surface area (Å²) < 4.78 is 13.7. The van der Waals surface area contributed by atoms with Crippen molar-refractivity contribution in [3.63, 3.8) is 0 Å². The van der Waals surface area contributed by atoms with Gasteiger partial charge in [0, 0.05) is 32.7 Å². The summed E-state index contributed by atoms with van der Waals surface area (Å²) in [7, 11) is 0. The summed E-state index contributed by atoms with van der Waals surface area (Å²) in [4.78, 5) is 20.7. The van der Waals surface area contributed by atoms with Gasteiger partial charge in [-0.05, 0) is 43.5 Å². The van der Waals surface area contributed by atoms with E-state index in [0.29, 0.717) is 17.9 Å². The maximum Gasteiger partial charge on any atom is 0.310 e. The lowest BCUT2D eigenvalue weighted by molar-refractivity contribution is -0.148. The Labute approximate surface area is 167 Å². The van der Waals surface area contributed by atoms with Gasteiger partial charge in [-0.2, -0.15) is 0 Å². The van der Waals surface area contributed by atoms with Crippen molar-refractivity contribution in [1.82, 2.24) is 9.80 Å². The molecule has 4 rings (SSSR count). The largest absolute Gasteiger partial charge is 0.481 e. The summed E-state index contributed by atoms with van der Waals surface area (Å²) in [6, 6.07) is 6.62. The van der Waals surface area contributed by atoms with Crippen molar-refractivity contribution >= 4 is 39.5 Å². The molecular formula is C20H23FN4O2S. The first-order chi connectivity index (χ1) is 13.3. The molecular weight excluding hydrogens is 379 g/mol. The standard InChI is InChI=1S/C20H23FN4O2S/c1-20(2,19(26)27)12-24-6-8-25(9-7-24)17-14-5-10-28-18(14)23-16-11-13(21)3-4-15(16)22-17/h3-5,10-11,23H,6-9,12H2,1-2H3,(H,26,27). The average Bonchev–Trinajstić information content (AvgIpc) is 3.04. The lowest BCUT2D eigenvalue weighted by Gasteiger charge is -2.38. The predicted molar refractivity (Wildman–Crippen MR) is 110 cm³/mol. The Bertz CT molecular complexity index is 932. The number of carbonyl (C=O) groups is 1. The number of nitrogens with zero attached hydrogens (tertiary/aromatic N) is 3. The molecule has 0 aliphatic carbocycles. The first kappa shape index (κ1) is 18.9. The minimum Gasteiger partial charge on any atom is -0.481 e. The van der Waals surface area contributed by atoms with Crippen LogP contribution in [0, 0.1) is 11.2 Å². The third-order valence-electron chi connectivity index (χ3n) is 5.21.